The summed E-state index contributed by atoms with van der Waals surface area (Å²) in [5.41, 5.74) is 0.602. The first-order chi connectivity index (χ1) is 26.7. The van der Waals surface area contributed by atoms with Crippen molar-refractivity contribution in [2.45, 2.75) is 109 Å². The van der Waals surface area contributed by atoms with Crippen molar-refractivity contribution in [3.05, 3.63) is 100 Å². The summed E-state index contributed by atoms with van der Waals surface area (Å²) in [7, 11) is 1.43. The van der Waals surface area contributed by atoms with Gasteiger partial charge >= 0.3 is 12.3 Å². The van der Waals surface area contributed by atoms with Crippen LogP contribution in [0, 0.1) is 5.92 Å². The van der Waals surface area contributed by atoms with Crippen molar-refractivity contribution in [1.82, 2.24) is 21.3 Å². The van der Waals surface area contributed by atoms with Crippen LogP contribution < -0.4 is 26.0 Å². The Bertz CT molecular complexity index is 1870. The van der Waals surface area contributed by atoms with Gasteiger partial charge in [-0.1, -0.05) is 86.8 Å². The first kappa shape index (κ1) is 44.6. The highest BCUT2D eigenvalue weighted by Crippen LogP contribution is 2.42. The van der Waals surface area contributed by atoms with Crippen molar-refractivity contribution in [2.75, 3.05) is 7.11 Å². The second kappa shape index (κ2) is 18.9. The molecule has 3 aromatic rings. The van der Waals surface area contributed by atoms with Gasteiger partial charge in [-0.2, -0.15) is 13.2 Å². The lowest BCUT2D eigenvalue weighted by Crippen LogP contribution is -2.56. The van der Waals surface area contributed by atoms with Gasteiger partial charge in [-0.25, -0.2) is 4.79 Å². The maximum Gasteiger partial charge on any atom is 0.452 e. The number of benzene rings is 3. The summed E-state index contributed by atoms with van der Waals surface area (Å²) in [6.07, 6.45) is -3.32. The molecule has 0 spiro atoms. The summed E-state index contributed by atoms with van der Waals surface area (Å²) in [5.74, 6) is -4.95. The van der Waals surface area contributed by atoms with E-state index in [0.717, 1.165) is 24.0 Å². The summed E-state index contributed by atoms with van der Waals surface area (Å²) >= 11 is 6.17. The zero-order valence-corrected chi connectivity index (χ0v) is 33.6. The minimum atomic E-state index is -5.22. The highest BCUT2D eigenvalue weighted by molar-refractivity contribution is 6.30. The van der Waals surface area contributed by atoms with E-state index in [-0.39, 0.29) is 18.5 Å². The van der Waals surface area contributed by atoms with E-state index in [1.54, 1.807) is 69.3 Å². The minimum absolute atomic E-state index is 0.0494. The van der Waals surface area contributed by atoms with Crippen LogP contribution in [0.5, 0.6) is 5.75 Å². The van der Waals surface area contributed by atoms with Gasteiger partial charge in [-0.05, 0) is 86.1 Å². The summed E-state index contributed by atoms with van der Waals surface area (Å²) < 4.78 is 51.2. The number of nitrogens with one attached hydrogen (secondary N) is 4. The quantitative estimate of drug-likeness (QED) is 0.129. The SMILES string of the molecule is COc1ccc([C@H](NC(=O)[C@H](Cc2ccc(CNC(=O)OC(C)(C)C)cc2)NC(=O)C2(c3ccc(Cl)cc3)CCCC2)C(=O)N[C@H](C(=O)C(F)(F)F)C(C)C)cc1. The molecule has 308 valence electrons. The van der Waals surface area contributed by atoms with Crippen molar-refractivity contribution < 1.29 is 46.6 Å². The molecule has 0 bridgehead atoms. The van der Waals surface area contributed by atoms with Gasteiger partial charge in [0.1, 0.15) is 23.4 Å². The van der Waals surface area contributed by atoms with Crippen molar-refractivity contribution in [2.24, 2.45) is 5.92 Å². The number of ether oxygens (including phenoxy) is 2. The highest BCUT2D eigenvalue weighted by Gasteiger charge is 2.46. The van der Waals surface area contributed by atoms with Crippen LogP contribution in [0.2, 0.25) is 5.02 Å². The lowest BCUT2D eigenvalue weighted by molar-refractivity contribution is -0.175. The fourth-order valence-electron chi connectivity index (χ4n) is 6.70. The lowest BCUT2D eigenvalue weighted by Gasteiger charge is -2.31. The standard InChI is InChI=1S/C42H50ClF3N4O7/c1-25(2)33(35(51)42(44,45)46)49-37(53)34(28-13-19-31(56-6)20-14-28)50-36(52)32(23-26-9-11-27(12-10-26)24-47-39(55)57-40(3,4)5)48-38(54)41(21-7-8-22-41)29-15-17-30(43)18-16-29/h9-20,25,32-34H,7-8,21-24H2,1-6H3,(H,47,55)(H,48,54)(H,49,53)(H,50,52)/t32-,33-,34-/m0/s1. The fraction of sp³-hybridized carbons (Fsp3) is 0.452. The maximum atomic E-state index is 14.4. The predicted molar refractivity (Wildman–Crippen MR) is 208 cm³/mol. The van der Waals surface area contributed by atoms with E-state index in [1.165, 1.54) is 45.2 Å². The monoisotopic (exact) mass is 814 g/mol. The van der Waals surface area contributed by atoms with Gasteiger partial charge in [0.15, 0.2) is 0 Å². The average molecular weight is 815 g/mol. The number of halogens is 4. The van der Waals surface area contributed by atoms with E-state index in [4.69, 9.17) is 21.1 Å². The van der Waals surface area contributed by atoms with Crippen LogP contribution in [0.3, 0.4) is 0 Å². The number of alkyl carbamates (subject to hydrolysis) is 1. The first-order valence-electron chi connectivity index (χ1n) is 18.7. The fourth-order valence-corrected chi connectivity index (χ4v) is 6.83. The molecule has 1 aliphatic carbocycles. The van der Waals surface area contributed by atoms with Crippen LogP contribution >= 0.6 is 11.6 Å². The molecular formula is C42H50ClF3N4O7. The number of hydrogen-bond donors (Lipinski definition) is 4. The minimum Gasteiger partial charge on any atom is -0.497 e. The van der Waals surface area contributed by atoms with Gasteiger partial charge in [-0.15, -0.1) is 0 Å². The molecule has 3 aromatic carbocycles. The van der Waals surface area contributed by atoms with E-state index in [2.05, 4.69) is 21.3 Å². The van der Waals surface area contributed by atoms with Crippen LogP contribution in [0.15, 0.2) is 72.8 Å². The van der Waals surface area contributed by atoms with Crippen LogP contribution in [0.25, 0.3) is 0 Å². The number of Topliss-reactive ketones (excluding diaryl/α,β-unsaturated/α-hetero) is 1. The molecule has 1 fully saturated rings. The number of rotatable bonds is 15. The van der Waals surface area contributed by atoms with Crippen molar-refractivity contribution in [3.63, 3.8) is 0 Å². The van der Waals surface area contributed by atoms with Gasteiger partial charge < -0.3 is 30.7 Å². The molecule has 0 radical (unpaired) electrons. The Kier molecular flexibility index (Phi) is 14.8. The summed E-state index contributed by atoms with van der Waals surface area (Å²) in [6, 6.07) is 15.1. The summed E-state index contributed by atoms with van der Waals surface area (Å²) in [6.45, 7) is 8.13. The molecule has 0 saturated heterocycles. The number of amides is 4. The van der Waals surface area contributed by atoms with E-state index in [1.807, 2.05) is 0 Å². The Morgan fingerprint density at radius 3 is 1.89 bits per heavy atom. The van der Waals surface area contributed by atoms with E-state index in [0.29, 0.717) is 29.2 Å². The molecule has 1 saturated carbocycles. The largest absolute Gasteiger partial charge is 0.497 e. The lowest BCUT2D eigenvalue weighted by atomic mass is 9.77. The zero-order chi connectivity index (χ0) is 42.1. The molecule has 0 aliphatic heterocycles. The Morgan fingerprint density at radius 1 is 0.789 bits per heavy atom. The molecule has 4 amide bonds. The van der Waals surface area contributed by atoms with Gasteiger partial charge in [0.25, 0.3) is 5.78 Å². The van der Waals surface area contributed by atoms with Crippen LogP contribution in [0.1, 0.15) is 88.6 Å². The Morgan fingerprint density at radius 2 is 1.37 bits per heavy atom. The van der Waals surface area contributed by atoms with Crippen molar-refractivity contribution >= 4 is 41.2 Å². The summed E-state index contributed by atoms with van der Waals surface area (Å²) in [5, 5.41) is 11.0. The predicted octanol–water partition coefficient (Wildman–Crippen LogP) is 7.04. The summed E-state index contributed by atoms with van der Waals surface area (Å²) in [4.78, 5) is 67.2. The molecule has 0 aromatic heterocycles. The molecule has 4 rings (SSSR count). The average Bonchev–Trinajstić information content (AvgIpc) is 3.65. The number of alkyl halides is 3. The Balaban J connectivity index is 1.67. The van der Waals surface area contributed by atoms with Gasteiger partial charge in [-0.3, -0.25) is 19.2 Å². The molecule has 4 N–H and O–H groups in total. The molecule has 15 heteroatoms. The molecule has 3 atom stereocenters. The zero-order valence-electron chi connectivity index (χ0n) is 32.8. The number of ketones is 1. The third-order valence-electron chi connectivity index (χ3n) is 9.73. The number of carbonyl (C=O) groups excluding carboxylic acids is 5. The van der Waals surface area contributed by atoms with Crippen LogP contribution in [-0.4, -0.2) is 60.6 Å². The number of carbonyl (C=O) groups is 5. The van der Waals surface area contributed by atoms with Gasteiger partial charge in [0.05, 0.1) is 18.6 Å². The van der Waals surface area contributed by atoms with Crippen molar-refractivity contribution in [1.29, 1.82) is 0 Å². The van der Waals surface area contributed by atoms with E-state index < -0.39 is 70.8 Å². The van der Waals surface area contributed by atoms with Crippen LogP contribution in [-0.2, 0) is 42.3 Å². The normalized spacial score (nSPS) is 15.5. The number of methoxy groups -OCH3 is 1. The van der Waals surface area contributed by atoms with E-state index in [9.17, 15) is 37.1 Å². The van der Waals surface area contributed by atoms with Crippen molar-refractivity contribution in [3.8, 4) is 5.75 Å². The second-order valence-electron chi connectivity index (χ2n) is 15.5. The molecular weight excluding hydrogens is 765 g/mol. The Hall–Kier alpha value is -5.11. The smallest absolute Gasteiger partial charge is 0.452 e. The third kappa shape index (κ3) is 12.2. The molecule has 57 heavy (non-hydrogen) atoms. The Labute approximate surface area is 335 Å². The molecule has 0 unspecified atom stereocenters. The van der Waals surface area contributed by atoms with Crippen LogP contribution in [0.4, 0.5) is 18.0 Å². The van der Waals surface area contributed by atoms with E-state index >= 15 is 0 Å². The maximum absolute atomic E-state index is 14.4. The molecule has 11 nitrogen and oxygen atoms in total. The third-order valence-corrected chi connectivity index (χ3v) is 9.99. The van der Waals surface area contributed by atoms with Gasteiger partial charge in [0, 0.05) is 18.0 Å². The molecule has 0 heterocycles. The highest BCUT2D eigenvalue weighted by atomic mass is 35.5. The number of hydrogen-bond acceptors (Lipinski definition) is 7. The second-order valence-corrected chi connectivity index (χ2v) is 15.9. The topological polar surface area (TPSA) is 152 Å². The molecule has 1 aliphatic rings. The first-order valence-corrected chi connectivity index (χ1v) is 19.1. The van der Waals surface area contributed by atoms with Gasteiger partial charge in [0.2, 0.25) is 17.7 Å².